The normalized spacial score (nSPS) is 13.1. The van der Waals surface area contributed by atoms with E-state index in [1.54, 1.807) is 0 Å². The highest BCUT2D eigenvalue weighted by molar-refractivity contribution is 5.90. The number of H-pyrrole nitrogens is 1. The lowest BCUT2D eigenvalue weighted by Crippen LogP contribution is -2.41. The molecule has 1 atom stereocenters. The van der Waals surface area contributed by atoms with E-state index >= 15 is 0 Å². The number of hydrogen-bond acceptors (Lipinski definition) is 4. The molecule has 17 heavy (non-hydrogen) atoms. The third-order valence-corrected chi connectivity index (χ3v) is 2.57. The smallest absolute Gasteiger partial charge is 0.291 e. The number of carbonyl (C=O) groups excluding carboxylic acids is 1. The maximum absolute atomic E-state index is 11.8. The minimum Gasteiger partial charge on any atom is -0.394 e. The third kappa shape index (κ3) is 3.52. The van der Waals surface area contributed by atoms with Crippen molar-refractivity contribution >= 4 is 5.91 Å². The van der Waals surface area contributed by atoms with Gasteiger partial charge in [0.25, 0.3) is 5.91 Å². The Hall–Kier alpha value is -1.43. The second-order valence-electron chi connectivity index (χ2n) is 4.71. The van der Waals surface area contributed by atoms with Crippen molar-refractivity contribution in [2.75, 3.05) is 6.61 Å². The molecule has 0 aliphatic rings. The van der Waals surface area contributed by atoms with E-state index in [4.69, 9.17) is 5.11 Å². The largest absolute Gasteiger partial charge is 0.394 e. The van der Waals surface area contributed by atoms with Crippen LogP contribution in [0.4, 0.5) is 0 Å². The molecule has 1 aromatic rings. The number of carbonyl (C=O) groups is 1. The molecule has 0 aliphatic carbocycles. The third-order valence-electron chi connectivity index (χ3n) is 2.57. The average molecular weight is 240 g/mol. The van der Waals surface area contributed by atoms with Crippen LogP contribution in [-0.2, 0) is 0 Å². The van der Waals surface area contributed by atoms with Gasteiger partial charge in [-0.3, -0.25) is 9.89 Å². The minimum atomic E-state index is -0.360. The molecular weight excluding hydrogens is 220 g/mol. The molecule has 6 nitrogen and oxygen atoms in total. The van der Waals surface area contributed by atoms with E-state index in [0.717, 1.165) is 0 Å². The first-order valence-electron chi connectivity index (χ1n) is 5.79. The Morgan fingerprint density at radius 1 is 1.41 bits per heavy atom. The van der Waals surface area contributed by atoms with Crippen molar-refractivity contribution in [2.24, 2.45) is 5.92 Å². The summed E-state index contributed by atoms with van der Waals surface area (Å²) in [6.45, 7) is 7.70. The van der Waals surface area contributed by atoms with Crippen LogP contribution >= 0.6 is 0 Å². The Bertz CT molecular complexity index is 373. The van der Waals surface area contributed by atoms with Gasteiger partial charge in [-0.05, 0) is 5.92 Å². The lowest BCUT2D eigenvalue weighted by molar-refractivity contribution is 0.0886. The number of aliphatic hydroxyl groups is 1. The van der Waals surface area contributed by atoms with Gasteiger partial charge < -0.3 is 10.4 Å². The number of rotatable bonds is 5. The van der Waals surface area contributed by atoms with Crippen molar-refractivity contribution in [3.8, 4) is 0 Å². The zero-order chi connectivity index (χ0) is 13.0. The molecule has 0 radical (unpaired) electrons. The van der Waals surface area contributed by atoms with Crippen LogP contribution in [0.1, 0.15) is 50.1 Å². The summed E-state index contributed by atoms with van der Waals surface area (Å²) in [6, 6.07) is -0.275. The summed E-state index contributed by atoms with van der Waals surface area (Å²) in [7, 11) is 0. The van der Waals surface area contributed by atoms with Gasteiger partial charge in [0.1, 0.15) is 5.82 Å². The van der Waals surface area contributed by atoms with Crippen LogP contribution in [-0.4, -0.2) is 38.8 Å². The van der Waals surface area contributed by atoms with Crippen LogP contribution in [0.3, 0.4) is 0 Å². The van der Waals surface area contributed by atoms with E-state index in [1.165, 1.54) is 0 Å². The zero-order valence-corrected chi connectivity index (χ0v) is 10.7. The number of nitrogens with one attached hydrogen (secondary N) is 2. The standard InChI is InChI=1S/C11H20N4O2/c1-6(2)8(5-16)12-11(17)10-13-9(7(3)4)14-15-10/h6-8,16H,5H2,1-4H3,(H,12,17)(H,13,14,15)/t8-/m1/s1. The lowest BCUT2D eigenvalue weighted by Gasteiger charge is -2.18. The monoisotopic (exact) mass is 240 g/mol. The van der Waals surface area contributed by atoms with Crippen molar-refractivity contribution in [1.29, 1.82) is 0 Å². The highest BCUT2D eigenvalue weighted by atomic mass is 16.3. The number of amides is 1. The molecule has 0 saturated heterocycles. The summed E-state index contributed by atoms with van der Waals surface area (Å²) in [5.41, 5.74) is 0. The van der Waals surface area contributed by atoms with Crippen LogP contribution in [0, 0.1) is 5.92 Å². The first kappa shape index (κ1) is 13.6. The van der Waals surface area contributed by atoms with Gasteiger partial charge in [0.15, 0.2) is 0 Å². The van der Waals surface area contributed by atoms with Gasteiger partial charge in [0.2, 0.25) is 5.82 Å². The summed E-state index contributed by atoms with van der Waals surface area (Å²) in [5.74, 6) is 0.796. The van der Waals surface area contributed by atoms with E-state index in [0.29, 0.717) is 5.82 Å². The quantitative estimate of drug-likeness (QED) is 0.705. The minimum absolute atomic E-state index is 0.0924. The zero-order valence-electron chi connectivity index (χ0n) is 10.7. The maximum atomic E-state index is 11.8. The van der Waals surface area contributed by atoms with Gasteiger partial charge >= 0.3 is 0 Å². The molecule has 0 spiro atoms. The van der Waals surface area contributed by atoms with E-state index in [-0.39, 0.29) is 36.2 Å². The number of aromatic nitrogens is 3. The summed E-state index contributed by atoms with van der Waals surface area (Å²) < 4.78 is 0. The van der Waals surface area contributed by atoms with Crippen molar-refractivity contribution < 1.29 is 9.90 Å². The average Bonchev–Trinajstić information content (AvgIpc) is 2.74. The fourth-order valence-electron chi connectivity index (χ4n) is 1.29. The molecule has 3 N–H and O–H groups in total. The van der Waals surface area contributed by atoms with Gasteiger partial charge in [0, 0.05) is 5.92 Å². The van der Waals surface area contributed by atoms with Gasteiger partial charge in [0.05, 0.1) is 12.6 Å². The highest BCUT2D eigenvalue weighted by Crippen LogP contribution is 2.08. The van der Waals surface area contributed by atoms with Crippen LogP contribution in [0.5, 0.6) is 0 Å². The second-order valence-corrected chi connectivity index (χ2v) is 4.71. The van der Waals surface area contributed by atoms with Crippen LogP contribution < -0.4 is 5.32 Å². The number of nitrogens with zero attached hydrogens (tertiary/aromatic N) is 2. The van der Waals surface area contributed by atoms with E-state index in [2.05, 4.69) is 20.5 Å². The summed E-state index contributed by atoms with van der Waals surface area (Å²) >= 11 is 0. The van der Waals surface area contributed by atoms with Gasteiger partial charge in [-0.1, -0.05) is 27.7 Å². The molecule has 96 valence electrons. The van der Waals surface area contributed by atoms with Crippen molar-refractivity contribution in [3.63, 3.8) is 0 Å². The number of aliphatic hydroxyl groups excluding tert-OH is 1. The predicted octanol–water partition coefficient (Wildman–Crippen LogP) is 0.675. The summed E-state index contributed by atoms with van der Waals surface area (Å²) in [6.07, 6.45) is 0. The van der Waals surface area contributed by atoms with Crippen LogP contribution in [0.25, 0.3) is 0 Å². The first-order valence-corrected chi connectivity index (χ1v) is 5.79. The SMILES string of the molecule is CC(C)c1nc(C(=O)N[C@H](CO)C(C)C)n[nH]1. The highest BCUT2D eigenvalue weighted by Gasteiger charge is 2.19. The topological polar surface area (TPSA) is 90.9 Å². The molecule has 1 rings (SSSR count). The van der Waals surface area contributed by atoms with Crippen molar-refractivity contribution in [2.45, 2.75) is 39.7 Å². The Balaban J connectivity index is 2.69. The number of hydrogen-bond donors (Lipinski definition) is 3. The Labute approximate surface area is 101 Å². The van der Waals surface area contributed by atoms with E-state index in [1.807, 2.05) is 27.7 Å². The van der Waals surface area contributed by atoms with E-state index < -0.39 is 0 Å². The summed E-state index contributed by atoms with van der Waals surface area (Å²) in [5, 5.41) is 18.4. The molecule has 1 amide bonds. The molecule has 1 heterocycles. The lowest BCUT2D eigenvalue weighted by atomic mass is 10.1. The van der Waals surface area contributed by atoms with Crippen LogP contribution in [0.15, 0.2) is 0 Å². The Morgan fingerprint density at radius 2 is 2.06 bits per heavy atom. The molecule has 0 fully saturated rings. The fraction of sp³-hybridized carbons (Fsp3) is 0.727. The predicted molar refractivity (Wildman–Crippen MR) is 63.6 cm³/mol. The van der Waals surface area contributed by atoms with Crippen LogP contribution in [0.2, 0.25) is 0 Å². The molecule has 6 heteroatoms. The molecule has 0 unspecified atom stereocenters. The molecule has 0 aliphatic heterocycles. The van der Waals surface area contributed by atoms with Crippen molar-refractivity contribution in [3.05, 3.63) is 11.6 Å². The van der Waals surface area contributed by atoms with E-state index in [9.17, 15) is 4.79 Å². The molecule has 0 saturated carbocycles. The number of aromatic amines is 1. The van der Waals surface area contributed by atoms with Gasteiger partial charge in [-0.15, -0.1) is 5.10 Å². The Kier molecular flexibility index (Phi) is 4.62. The molecular formula is C11H20N4O2. The van der Waals surface area contributed by atoms with Gasteiger partial charge in [-0.2, -0.15) is 0 Å². The fourth-order valence-corrected chi connectivity index (χ4v) is 1.29. The molecule has 0 aromatic carbocycles. The summed E-state index contributed by atoms with van der Waals surface area (Å²) in [4.78, 5) is 15.9. The maximum Gasteiger partial charge on any atom is 0.291 e. The second kappa shape index (κ2) is 5.77. The van der Waals surface area contributed by atoms with Gasteiger partial charge in [-0.25, -0.2) is 4.98 Å². The van der Waals surface area contributed by atoms with Crippen molar-refractivity contribution in [1.82, 2.24) is 20.5 Å². The Morgan fingerprint density at radius 3 is 2.47 bits per heavy atom. The first-order chi connectivity index (χ1) is 7.95. The molecule has 0 bridgehead atoms. The molecule has 1 aromatic heterocycles.